The van der Waals surface area contributed by atoms with Gasteiger partial charge in [0, 0.05) is 0 Å². The van der Waals surface area contributed by atoms with E-state index in [9.17, 15) is 0 Å². The lowest BCUT2D eigenvalue weighted by atomic mass is 10.1. The first-order valence-electron chi connectivity index (χ1n) is 4.29. The molecule has 1 aromatic rings. The van der Waals surface area contributed by atoms with Gasteiger partial charge in [-0.05, 0) is 12.5 Å². The summed E-state index contributed by atoms with van der Waals surface area (Å²) >= 11 is 0. The number of rotatable bonds is 5. The monoisotopic (exact) mass is 169 g/mol. The van der Waals surface area contributed by atoms with Gasteiger partial charge in [-0.2, -0.15) is 4.98 Å². The SMILES string of the molecule is CCC(C)CNCc1ncon1. The summed E-state index contributed by atoms with van der Waals surface area (Å²) in [5.74, 6) is 1.43. The van der Waals surface area contributed by atoms with Gasteiger partial charge in [0.2, 0.25) is 6.39 Å². The molecular formula is C8H15N3O. The lowest BCUT2D eigenvalue weighted by Crippen LogP contribution is -2.20. The van der Waals surface area contributed by atoms with Crippen LogP contribution in [-0.4, -0.2) is 16.7 Å². The molecule has 0 aliphatic carbocycles. The van der Waals surface area contributed by atoms with Crippen molar-refractivity contribution in [3.63, 3.8) is 0 Å². The van der Waals surface area contributed by atoms with Crippen LogP contribution in [0.3, 0.4) is 0 Å². The van der Waals surface area contributed by atoms with Crippen LogP contribution in [0.4, 0.5) is 0 Å². The third-order valence-corrected chi connectivity index (χ3v) is 1.88. The van der Waals surface area contributed by atoms with Crippen LogP contribution in [0.2, 0.25) is 0 Å². The van der Waals surface area contributed by atoms with Crippen molar-refractivity contribution >= 4 is 0 Å². The van der Waals surface area contributed by atoms with Crippen molar-refractivity contribution < 1.29 is 4.52 Å². The van der Waals surface area contributed by atoms with Gasteiger partial charge < -0.3 is 9.84 Å². The summed E-state index contributed by atoms with van der Waals surface area (Å²) in [7, 11) is 0. The molecule has 0 amide bonds. The molecule has 4 heteroatoms. The lowest BCUT2D eigenvalue weighted by molar-refractivity contribution is 0.404. The summed E-state index contributed by atoms with van der Waals surface area (Å²) in [5, 5.41) is 6.94. The highest BCUT2D eigenvalue weighted by Crippen LogP contribution is 1.97. The third kappa shape index (κ3) is 3.00. The average molecular weight is 169 g/mol. The molecule has 1 rings (SSSR count). The molecule has 1 heterocycles. The topological polar surface area (TPSA) is 51.0 Å². The van der Waals surface area contributed by atoms with Crippen LogP contribution >= 0.6 is 0 Å². The van der Waals surface area contributed by atoms with E-state index in [1.807, 2.05) is 0 Å². The Morgan fingerprint density at radius 3 is 3.08 bits per heavy atom. The zero-order valence-corrected chi connectivity index (χ0v) is 7.58. The van der Waals surface area contributed by atoms with Crippen LogP contribution < -0.4 is 5.32 Å². The standard InChI is InChI=1S/C8H15N3O/c1-3-7(2)4-9-5-8-10-6-12-11-8/h6-7,9H,3-5H2,1-2H3. The van der Waals surface area contributed by atoms with Crippen molar-refractivity contribution in [1.29, 1.82) is 0 Å². The maximum atomic E-state index is 4.60. The van der Waals surface area contributed by atoms with Crippen molar-refractivity contribution in [1.82, 2.24) is 15.5 Å². The molecule has 0 aliphatic rings. The molecule has 0 aliphatic heterocycles. The molecule has 0 aromatic carbocycles. The van der Waals surface area contributed by atoms with Crippen LogP contribution in [0, 0.1) is 5.92 Å². The Bertz CT molecular complexity index is 198. The van der Waals surface area contributed by atoms with Crippen molar-refractivity contribution in [2.45, 2.75) is 26.8 Å². The summed E-state index contributed by atoms with van der Waals surface area (Å²) in [4.78, 5) is 3.90. The van der Waals surface area contributed by atoms with Gasteiger partial charge >= 0.3 is 0 Å². The van der Waals surface area contributed by atoms with Gasteiger partial charge in [-0.3, -0.25) is 0 Å². The second-order valence-electron chi connectivity index (χ2n) is 2.99. The van der Waals surface area contributed by atoms with Gasteiger partial charge in [-0.25, -0.2) is 0 Å². The van der Waals surface area contributed by atoms with Crippen molar-refractivity contribution in [2.75, 3.05) is 6.54 Å². The summed E-state index contributed by atoms with van der Waals surface area (Å²) in [6.45, 7) is 6.09. The van der Waals surface area contributed by atoms with Crippen LogP contribution in [0.1, 0.15) is 26.1 Å². The van der Waals surface area contributed by atoms with E-state index in [1.54, 1.807) is 0 Å². The minimum Gasteiger partial charge on any atom is -0.343 e. The van der Waals surface area contributed by atoms with Gasteiger partial charge in [-0.15, -0.1) is 0 Å². The smallest absolute Gasteiger partial charge is 0.213 e. The Hall–Kier alpha value is -0.900. The fraction of sp³-hybridized carbons (Fsp3) is 0.750. The van der Waals surface area contributed by atoms with Gasteiger partial charge in [0.25, 0.3) is 0 Å². The van der Waals surface area contributed by atoms with Gasteiger partial charge in [-0.1, -0.05) is 25.4 Å². The van der Waals surface area contributed by atoms with Crippen molar-refractivity contribution in [2.24, 2.45) is 5.92 Å². The maximum absolute atomic E-state index is 4.60. The first-order valence-corrected chi connectivity index (χ1v) is 4.29. The first kappa shape index (κ1) is 9.19. The fourth-order valence-electron chi connectivity index (χ4n) is 0.845. The molecule has 1 unspecified atom stereocenters. The molecule has 0 spiro atoms. The molecule has 0 fully saturated rings. The molecule has 0 saturated heterocycles. The van der Waals surface area contributed by atoms with E-state index in [0.29, 0.717) is 12.5 Å². The lowest BCUT2D eigenvalue weighted by Gasteiger charge is -2.07. The van der Waals surface area contributed by atoms with Crippen LogP contribution in [0.25, 0.3) is 0 Å². The van der Waals surface area contributed by atoms with E-state index >= 15 is 0 Å². The molecule has 1 N–H and O–H groups in total. The van der Waals surface area contributed by atoms with Crippen molar-refractivity contribution in [3.05, 3.63) is 12.2 Å². The molecular weight excluding hydrogens is 154 g/mol. The van der Waals surface area contributed by atoms with E-state index in [-0.39, 0.29) is 0 Å². The highest BCUT2D eigenvalue weighted by atomic mass is 16.5. The molecule has 12 heavy (non-hydrogen) atoms. The maximum Gasteiger partial charge on any atom is 0.213 e. The van der Waals surface area contributed by atoms with Crippen LogP contribution in [0.5, 0.6) is 0 Å². The largest absolute Gasteiger partial charge is 0.343 e. The Morgan fingerprint density at radius 2 is 2.50 bits per heavy atom. The molecule has 4 nitrogen and oxygen atoms in total. The van der Waals surface area contributed by atoms with Gasteiger partial charge in [0.05, 0.1) is 6.54 Å². The van der Waals surface area contributed by atoms with Crippen LogP contribution in [-0.2, 0) is 6.54 Å². The predicted molar refractivity (Wildman–Crippen MR) is 45.5 cm³/mol. The second-order valence-corrected chi connectivity index (χ2v) is 2.99. The number of hydrogen-bond donors (Lipinski definition) is 1. The molecule has 0 saturated carbocycles. The summed E-state index contributed by atoms with van der Waals surface area (Å²) in [6, 6.07) is 0. The number of hydrogen-bond acceptors (Lipinski definition) is 4. The molecule has 0 radical (unpaired) electrons. The van der Waals surface area contributed by atoms with E-state index in [1.165, 1.54) is 12.8 Å². The average Bonchev–Trinajstić information content (AvgIpc) is 2.57. The van der Waals surface area contributed by atoms with E-state index in [2.05, 4.69) is 33.8 Å². The van der Waals surface area contributed by atoms with Crippen LogP contribution in [0.15, 0.2) is 10.9 Å². The second kappa shape index (κ2) is 4.87. The predicted octanol–water partition coefficient (Wildman–Crippen LogP) is 1.21. The highest BCUT2D eigenvalue weighted by molar-refractivity contribution is 4.76. The molecule has 68 valence electrons. The Kier molecular flexibility index (Phi) is 3.73. The Balaban J connectivity index is 2.11. The molecule has 0 bridgehead atoms. The molecule has 1 aromatic heterocycles. The summed E-state index contributed by atoms with van der Waals surface area (Å²) in [6.07, 6.45) is 2.54. The summed E-state index contributed by atoms with van der Waals surface area (Å²) < 4.78 is 4.60. The number of aromatic nitrogens is 2. The summed E-state index contributed by atoms with van der Waals surface area (Å²) in [5.41, 5.74) is 0. The zero-order chi connectivity index (χ0) is 8.81. The van der Waals surface area contributed by atoms with Gasteiger partial charge in [0.1, 0.15) is 0 Å². The first-order chi connectivity index (χ1) is 5.83. The molecule has 1 atom stereocenters. The quantitative estimate of drug-likeness (QED) is 0.719. The zero-order valence-electron chi connectivity index (χ0n) is 7.58. The minimum atomic E-state index is 0.695. The highest BCUT2D eigenvalue weighted by Gasteiger charge is 2.00. The minimum absolute atomic E-state index is 0.695. The van der Waals surface area contributed by atoms with E-state index < -0.39 is 0 Å². The van der Waals surface area contributed by atoms with E-state index in [0.717, 1.165) is 12.4 Å². The Morgan fingerprint density at radius 1 is 1.67 bits per heavy atom. The Labute approximate surface area is 72.4 Å². The third-order valence-electron chi connectivity index (χ3n) is 1.88. The van der Waals surface area contributed by atoms with Crippen molar-refractivity contribution in [3.8, 4) is 0 Å². The van der Waals surface area contributed by atoms with E-state index in [4.69, 9.17) is 0 Å². The number of nitrogens with one attached hydrogen (secondary N) is 1. The normalized spacial score (nSPS) is 13.2. The number of nitrogens with zero attached hydrogens (tertiary/aromatic N) is 2. The van der Waals surface area contributed by atoms with Gasteiger partial charge in [0.15, 0.2) is 5.82 Å². The fourth-order valence-corrected chi connectivity index (χ4v) is 0.845.